The molecule has 3 aromatic rings. The first-order valence-corrected chi connectivity index (χ1v) is 8.42. The van der Waals surface area contributed by atoms with Crippen molar-refractivity contribution >= 4 is 0 Å². The molecule has 2 heteroatoms. The third-order valence-corrected chi connectivity index (χ3v) is 5.30. The Morgan fingerprint density at radius 2 is 1.61 bits per heavy atom. The van der Waals surface area contributed by atoms with Gasteiger partial charge in [-0.25, -0.2) is 4.98 Å². The molecule has 4 rings (SSSR count). The number of hydrogen-bond acceptors (Lipinski definition) is 1. The summed E-state index contributed by atoms with van der Waals surface area (Å²) in [7, 11) is 0. The molecule has 1 aromatic heterocycles. The van der Waals surface area contributed by atoms with Crippen molar-refractivity contribution in [2.24, 2.45) is 0 Å². The highest BCUT2D eigenvalue weighted by Gasteiger charge is 2.39. The second-order valence-corrected chi connectivity index (χ2v) is 6.65. The van der Waals surface area contributed by atoms with Gasteiger partial charge in [-0.05, 0) is 36.0 Å². The molecule has 0 fully saturated rings. The second kappa shape index (κ2) is 5.69. The number of aromatic nitrogens is 2. The molecule has 0 saturated carbocycles. The lowest BCUT2D eigenvalue weighted by Gasteiger charge is -2.29. The second-order valence-electron chi connectivity index (χ2n) is 6.65. The van der Waals surface area contributed by atoms with Crippen LogP contribution in [0.2, 0.25) is 0 Å². The number of benzene rings is 2. The predicted octanol–water partition coefficient (Wildman–Crippen LogP) is 4.38. The average molecular weight is 302 g/mol. The monoisotopic (exact) mass is 302 g/mol. The topological polar surface area (TPSA) is 17.8 Å². The Hall–Kier alpha value is -2.35. The van der Waals surface area contributed by atoms with Gasteiger partial charge in [-0.15, -0.1) is 0 Å². The third kappa shape index (κ3) is 2.48. The third-order valence-electron chi connectivity index (χ3n) is 5.30. The number of rotatable bonds is 4. The molecule has 1 aliphatic carbocycles. The van der Waals surface area contributed by atoms with E-state index in [0.29, 0.717) is 0 Å². The maximum absolute atomic E-state index is 4.48. The zero-order valence-electron chi connectivity index (χ0n) is 13.6. The van der Waals surface area contributed by atoms with Crippen LogP contribution in [0.25, 0.3) is 0 Å². The number of nitrogens with zero attached hydrogens (tertiary/aromatic N) is 2. The maximum Gasteiger partial charge on any atom is 0.0951 e. The van der Waals surface area contributed by atoms with Crippen molar-refractivity contribution in [3.8, 4) is 0 Å². The summed E-state index contributed by atoms with van der Waals surface area (Å²) in [5.41, 5.74) is 5.90. The predicted molar refractivity (Wildman–Crippen MR) is 93.6 cm³/mol. The first-order valence-electron chi connectivity index (χ1n) is 8.42. The molecule has 0 N–H and O–H groups in total. The van der Waals surface area contributed by atoms with Gasteiger partial charge in [0.1, 0.15) is 0 Å². The highest BCUT2D eigenvalue weighted by molar-refractivity contribution is 5.40. The van der Waals surface area contributed by atoms with Gasteiger partial charge >= 0.3 is 0 Å². The van der Waals surface area contributed by atoms with Crippen LogP contribution in [0, 0.1) is 0 Å². The summed E-state index contributed by atoms with van der Waals surface area (Å²) in [6.07, 6.45) is 7.46. The zero-order chi connectivity index (χ0) is 15.7. The van der Waals surface area contributed by atoms with E-state index < -0.39 is 0 Å². The Balaban J connectivity index is 1.69. The first-order chi connectivity index (χ1) is 11.3. The molecule has 0 atom stereocenters. The standard InChI is InChI=1S/C21H22N2/c1-2-21(12-18-10-6-7-11-19(18)13-21)20-14-22-16-23(20)15-17-8-4-3-5-9-17/h3-11,14,16H,2,12-13,15H2,1H3. The summed E-state index contributed by atoms with van der Waals surface area (Å²) in [4.78, 5) is 4.48. The summed E-state index contributed by atoms with van der Waals surface area (Å²) >= 11 is 0. The van der Waals surface area contributed by atoms with E-state index in [1.54, 1.807) is 0 Å². The number of hydrogen-bond donors (Lipinski definition) is 0. The van der Waals surface area contributed by atoms with Crippen LogP contribution in [-0.2, 0) is 24.8 Å². The first kappa shape index (κ1) is 14.3. The lowest BCUT2D eigenvalue weighted by Crippen LogP contribution is -2.29. The summed E-state index contributed by atoms with van der Waals surface area (Å²) < 4.78 is 2.34. The van der Waals surface area contributed by atoms with Crippen molar-refractivity contribution < 1.29 is 0 Å². The maximum atomic E-state index is 4.48. The lowest BCUT2D eigenvalue weighted by atomic mass is 9.79. The Morgan fingerprint density at radius 3 is 2.26 bits per heavy atom. The minimum atomic E-state index is 0.189. The molecule has 0 amide bonds. The SMILES string of the molecule is CCC1(c2cncn2Cc2ccccc2)Cc2ccccc2C1. The molecule has 1 heterocycles. The zero-order valence-corrected chi connectivity index (χ0v) is 13.6. The van der Waals surface area contributed by atoms with E-state index in [9.17, 15) is 0 Å². The number of imidazole rings is 1. The van der Waals surface area contributed by atoms with Crippen LogP contribution in [0.4, 0.5) is 0 Å². The summed E-state index contributed by atoms with van der Waals surface area (Å²) in [5, 5.41) is 0. The van der Waals surface area contributed by atoms with Crippen molar-refractivity contribution in [3.63, 3.8) is 0 Å². The van der Waals surface area contributed by atoms with Crippen LogP contribution in [0.1, 0.15) is 35.7 Å². The van der Waals surface area contributed by atoms with Crippen molar-refractivity contribution in [1.82, 2.24) is 9.55 Å². The highest BCUT2D eigenvalue weighted by atomic mass is 15.1. The molecule has 0 unspecified atom stereocenters. The van der Waals surface area contributed by atoms with Crippen LogP contribution in [-0.4, -0.2) is 9.55 Å². The van der Waals surface area contributed by atoms with E-state index >= 15 is 0 Å². The van der Waals surface area contributed by atoms with E-state index in [4.69, 9.17) is 0 Å². The Kier molecular flexibility index (Phi) is 3.53. The van der Waals surface area contributed by atoms with Crippen molar-refractivity contribution in [1.29, 1.82) is 0 Å². The van der Waals surface area contributed by atoms with Gasteiger partial charge in [-0.2, -0.15) is 0 Å². The van der Waals surface area contributed by atoms with Gasteiger partial charge < -0.3 is 4.57 Å². The Morgan fingerprint density at radius 1 is 0.957 bits per heavy atom. The van der Waals surface area contributed by atoms with E-state index in [0.717, 1.165) is 25.8 Å². The molecule has 0 spiro atoms. The summed E-state index contributed by atoms with van der Waals surface area (Å²) in [5.74, 6) is 0. The summed E-state index contributed by atoms with van der Waals surface area (Å²) in [6.45, 7) is 3.21. The fourth-order valence-corrected chi connectivity index (χ4v) is 3.97. The summed E-state index contributed by atoms with van der Waals surface area (Å²) in [6, 6.07) is 19.5. The van der Waals surface area contributed by atoms with Crippen molar-refractivity contribution in [3.05, 3.63) is 89.5 Å². The molecule has 0 saturated heterocycles. The minimum absolute atomic E-state index is 0.189. The molecule has 2 aromatic carbocycles. The van der Waals surface area contributed by atoms with E-state index in [-0.39, 0.29) is 5.41 Å². The molecule has 0 bridgehead atoms. The molecular weight excluding hydrogens is 280 g/mol. The van der Waals surface area contributed by atoms with Gasteiger partial charge in [0.25, 0.3) is 0 Å². The Labute approximate surface area is 137 Å². The van der Waals surface area contributed by atoms with Crippen LogP contribution in [0.5, 0.6) is 0 Å². The van der Waals surface area contributed by atoms with Gasteiger partial charge in [0.2, 0.25) is 0 Å². The van der Waals surface area contributed by atoms with Gasteiger partial charge in [0.05, 0.1) is 6.33 Å². The number of fused-ring (bicyclic) bond motifs is 1. The van der Waals surface area contributed by atoms with Gasteiger partial charge in [0.15, 0.2) is 0 Å². The largest absolute Gasteiger partial charge is 0.330 e. The molecule has 1 aliphatic rings. The normalized spacial score (nSPS) is 15.5. The van der Waals surface area contributed by atoms with Gasteiger partial charge in [-0.1, -0.05) is 61.5 Å². The van der Waals surface area contributed by atoms with Crippen LogP contribution < -0.4 is 0 Å². The molecule has 0 aliphatic heterocycles. The molecule has 0 radical (unpaired) electrons. The average Bonchev–Trinajstić information content (AvgIpc) is 3.20. The van der Waals surface area contributed by atoms with Crippen LogP contribution in [0.3, 0.4) is 0 Å². The van der Waals surface area contributed by atoms with Crippen molar-refractivity contribution in [2.75, 3.05) is 0 Å². The van der Waals surface area contributed by atoms with Crippen molar-refractivity contribution in [2.45, 2.75) is 38.1 Å². The van der Waals surface area contributed by atoms with E-state index in [1.807, 2.05) is 6.33 Å². The molecule has 2 nitrogen and oxygen atoms in total. The van der Waals surface area contributed by atoms with Crippen LogP contribution >= 0.6 is 0 Å². The highest BCUT2D eigenvalue weighted by Crippen LogP contribution is 2.42. The van der Waals surface area contributed by atoms with Gasteiger partial charge in [-0.3, -0.25) is 0 Å². The smallest absolute Gasteiger partial charge is 0.0951 e. The quantitative estimate of drug-likeness (QED) is 0.699. The Bertz CT molecular complexity index is 776. The molecule has 116 valence electrons. The minimum Gasteiger partial charge on any atom is -0.330 e. The fraction of sp³-hybridized carbons (Fsp3) is 0.286. The molecular formula is C21H22N2. The van der Waals surface area contributed by atoms with Gasteiger partial charge in [0, 0.05) is 23.9 Å². The lowest BCUT2D eigenvalue weighted by molar-refractivity contribution is 0.404. The molecule has 23 heavy (non-hydrogen) atoms. The van der Waals surface area contributed by atoms with E-state index in [2.05, 4.69) is 77.3 Å². The van der Waals surface area contributed by atoms with Crippen LogP contribution in [0.15, 0.2) is 67.1 Å². The fourth-order valence-electron chi connectivity index (χ4n) is 3.97. The van der Waals surface area contributed by atoms with E-state index in [1.165, 1.54) is 22.4 Å².